The third-order valence-electron chi connectivity index (χ3n) is 6.69. The third kappa shape index (κ3) is 2.60. The van der Waals surface area contributed by atoms with Crippen LogP contribution in [-0.2, 0) is 0 Å². The minimum Gasteiger partial charge on any atom is -0.347 e. The first-order valence-corrected chi connectivity index (χ1v) is 9.24. The van der Waals surface area contributed by atoms with Gasteiger partial charge in [-0.15, -0.1) is 0 Å². The Bertz CT molecular complexity index is 584. The van der Waals surface area contributed by atoms with Crippen molar-refractivity contribution >= 4 is 5.91 Å². The highest BCUT2D eigenvalue weighted by molar-refractivity contribution is 5.94. The highest BCUT2D eigenvalue weighted by Gasteiger charge is 2.57. The van der Waals surface area contributed by atoms with Crippen LogP contribution in [0, 0.1) is 29.1 Å². The molecule has 4 saturated carbocycles. The molecular formula is C21H29NO. The van der Waals surface area contributed by atoms with Crippen molar-refractivity contribution in [1.29, 1.82) is 0 Å². The van der Waals surface area contributed by atoms with Crippen molar-refractivity contribution in [2.24, 2.45) is 29.1 Å². The number of carbonyl (C=O) groups excluding carboxylic acids is 1. The zero-order chi connectivity index (χ0) is 16.2. The molecule has 0 heterocycles. The highest BCUT2D eigenvalue weighted by atomic mass is 16.1. The number of hydrogen-bond acceptors (Lipinski definition) is 1. The summed E-state index contributed by atoms with van der Waals surface area (Å²) in [4.78, 5) is 12.7. The van der Waals surface area contributed by atoms with E-state index in [4.69, 9.17) is 0 Å². The van der Waals surface area contributed by atoms with E-state index in [9.17, 15) is 4.79 Å². The van der Waals surface area contributed by atoms with Crippen molar-refractivity contribution in [3.63, 3.8) is 0 Å². The molecule has 0 spiro atoms. The average molecular weight is 311 g/mol. The molecule has 2 atom stereocenters. The van der Waals surface area contributed by atoms with Crippen molar-refractivity contribution in [2.45, 2.75) is 58.4 Å². The molecule has 0 aromatic heterocycles. The first-order valence-electron chi connectivity index (χ1n) is 9.24. The molecule has 1 aromatic rings. The molecule has 1 aromatic carbocycles. The summed E-state index contributed by atoms with van der Waals surface area (Å²) in [7, 11) is 0. The van der Waals surface area contributed by atoms with Crippen LogP contribution in [0.15, 0.2) is 30.3 Å². The maximum Gasteiger partial charge on any atom is 0.251 e. The van der Waals surface area contributed by atoms with Crippen molar-refractivity contribution in [1.82, 2.24) is 5.32 Å². The number of carbonyl (C=O) groups is 1. The lowest BCUT2D eigenvalue weighted by atomic mass is 9.45. The predicted octanol–water partition coefficient (Wildman–Crippen LogP) is 4.66. The Morgan fingerprint density at radius 1 is 1.04 bits per heavy atom. The fourth-order valence-electron chi connectivity index (χ4n) is 6.49. The molecule has 4 bridgehead atoms. The molecule has 2 unspecified atom stereocenters. The zero-order valence-electron chi connectivity index (χ0n) is 14.6. The molecule has 124 valence electrons. The lowest BCUT2D eigenvalue weighted by molar-refractivity contribution is -0.100. The number of hydrogen-bond donors (Lipinski definition) is 1. The summed E-state index contributed by atoms with van der Waals surface area (Å²) in [5.74, 6) is 3.40. The molecule has 2 heteroatoms. The molecule has 0 aliphatic heterocycles. The molecule has 4 aliphatic carbocycles. The van der Waals surface area contributed by atoms with E-state index < -0.39 is 0 Å². The molecule has 1 amide bonds. The Balaban J connectivity index is 1.56. The van der Waals surface area contributed by atoms with Crippen LogP contribution in [0.1, 0.15) is 63.2 Å². The van der Waals surface area contributed by atoms with Crippen LogP contribution in [0.5, 0.6) is 0 Å². The maximum atomic E-state index is 12.7. The van der Waals surface area contributed by atoms with Crippen LogP contribution in [0.2, 0.25) is 0 Å². The van der Waals surface area contributed by atoms with Gasteiger partial charge in [-0.3, -0.25) is 4.79 Å². The largest absolute Gasteiger partial charge is 0.347 e. The van der Waals surface area contributed by atoms with E-state index in [0.717, 1.165) is 29.2 Å². The van der Waals surface area contributed by atoms with Gasteiger partial charge in [-0.05, 0) is 73.3 Å². The standard InChI is InChI=1S/C21H29NO/c1-20(2,3)18-16-9-14-10-17(18)13-21(11-14,12-16)22-19(23)15-7-5-4-6-8-15/h4-8,14,16-18H,9-13H2,1-3H3,(H,22,23). The Morgan fingerprint density at radius 3 is 2.22 bits per heavy atom. The Hall–Kier alpha value is -1.31. The van der Waals surface area contributed by atoms with Gasteiger partial charge in [0, 0.05) is 11.1 Å². The molecular weight excluding hydrogens is 282 g/mol. The summed E-state index contributed by atoms with van der Waals surface area (Å²) in [5.41, 5.74) is 1.27. The smallest absolute Gasteiger partial charge is 0.251 e. The second kappa shape index (κ2) is 5.09. The SMILES string of the molecule is CC(C)(C)C1C2CC3CC1CC(NC(=O)c1ccccc1)(C3)C2. The second-order valence-electron chi connectivity index (χ2n) is 9.46. The van der Waals surface area contributed by atoms with Crippen molar-refractivity contribution in [3.8, 4) is 0 Å². The molecule has 4 fully saturated rings. The van der Waals surface area contributed by atoms with Gasteiger partial charge in [0.1, 0.15) is 0 Å². The number of nitrogens with one attached hydrogen (secondary N) is 1. The molecule has 0 saturated heterocycles. The molecule has 1 N–H and O–H groups in total. The summed E-state index contributed by atoms with van der Waals surface area (Å²) < 4.78 is 0. The molecule has 0 radical (unpaired) electrons. The summed E-state index contributed by atoms with van der Waals surface area (Å²) in [6.45, 7) is 7.24. The summed E-state index contributed by atoms with van der Waals surface area (Å²) in [5, 5.41) is 3.47. The van der Waals surface area contributed by atoms with Gasteiger partial charge < -0.3 is 5.32 Å². The van der Waals surface area contributed by atoms with Crippen LogP contribution < -0.4 is 5.32 Å². The van der Waals surface area contributed by atoms with E-state index >= 15 is 0 Å². The van der Waals surface area contributed by atoms with E-state index in [1.165, 1.54) is 32.1 Å². The Kier molecular flexibility index (Phi) is 3.37. The van der Waals surface area contributed by atoms with Gasteiger partial charge in [0.15, 0.2) is 0 Å². The highest BCUT2D eigenvalue weighted by Crippen LogP contribution is 2.62. The first-order chi connectivity index (χ1) is 10.9. The van der Waals surface area contributed by atoms with Crippen LogP contribution in [0.25, 0.3) is 0 Å². The Labute approximate surface area is 140 Å². The third-order valence-corrected chi connectivity index (χ3v) is 6.69. The normalized spacial score (nSPS) is 38.6. The second-order valence-corrected chi connectivity index (χ2v) is 9.46. The maximum absolute atomic E-state index is 12.7. The topological polar surface area (TPSA) is 29.1 Å². The minimum atomic E-state index is 0.0746. The minimum absolute atomic E-state index is 0.0746. The van der Waals surface area contributed by atoms with Crippen molar-refractivity contribution < 1.29 is 4.79 Å². The fourth-order valence-corrected chi connectivity index (χ4v) is 6.49. The van der Waals surface area contributed by atoms with Crippen LogP contribution in [0.3, 0.4) is 0 Å². The van der Waals surface area contributed by atoms with E-state index in [2.05, 4.69) is 26.1 Å². The Morgan fingerprint density at radius 2 is 1.65 bits per heavy atom. The quantitative estimate of drug-likeness (QED) is 0.846. The van der Waals surface area contributed by atoms with Gasteiger partial charge in [-0.1, -0.05) is 39.0 Å². The van der Waals surface area contributed by atoms with Gasteiger partial charge in [0.2, 0.25) is 0 Å². The lowest BCUT2D eigenvalue weighted by Gasteiger charge is -2.63. The number of amides is 1. The number of benzene rings is 1. The summed E-state index contributed by atoms with van der Waals surface area (Å²) in [6.07, 6.45) is 6.37. The lowest BCUT2D eigenvalue weighted by Crippen LogP contribution is -2.63. The monoisotopic (exact) mass is 311 g/mol. The number of rotatable bonds is 2. The van der Waals surface area contributed by atoms with Crippen LogP contribution in [0.4, 0.5) is 0 Å². The van der Waals surface area contributed by atoms with Crippen molar-refractivity contribution in [2.75, 3.05) is 0 Å². The van der Waals surface area contributed by atoms with E-state index in [0.29, 0.717) is 5.41 Å². The summed E-state index contributed by atoms with van der Waals surface area (Å²) >= 11 is 0. The van der Waals surface area contributed by atoms with Gasteiger partial charge in [0.25, 0.3) is 5.91 Å². The van der Waals surface area contributed by atoms with Gasteiger partial charge >= 0.3 is 0 Å². The molecule has 5 rings (SSSR count). The predicted molar refractivity (Wildman–Crippen MR) is 93.1 cm³/mol. The van der Waals surface area contributed by atoms with E-state index in [1.807, 2.05) is 30.3 Å². The van der Waals surface area contributed by atoms with Gasteiger partial charge in [0.05, 0.1) is 0 Å². The summed E-state index contributed by atoms with van der Waals surface area (Å²) in [6, 6.07) is 9.71. The zero-order valence-corrected chi connectivity index (χ0v) is 14.6. The van der Waals surface area contributed by atoms with Crippen LogP contribution >= 0.6 is 0 Å². The van der Waals surface area contributed by atoms with Gasteiger partial charge in [-0.2, -0.15) is 0 Å². The first kappa shape index (κ1) is 15.2. The van der Waals surface area contributed by atoms with E-state index in [1.54, 1.807) is 0 Å². The molecule has 4 aliphatic rings. The average Bonchev–Trinajstić information content (AvgIpc) is 2.45. The molecule has 2 nitrogen and oxygen atoms in total. The van der Waals surface area contributed by atoms with Crippen LogP contribution in [-0.4, -0.2) is 11.4 Å². The van der Waals surface area contributed by atoms with Gasteiger partial charge in [-0.25, -0.2) is 0 Å². The fraction of sp³-hybridized carbons (Fsp3) is 0.667. The van der Waals surface area contributed by atoms with Crippen molar-refractivity contribution in [3.05, 3.63) is 35.9 Å². The molecule has 23 heavy (non-hydrogen) atoms. The van der Waals surface area contributed by atoms with E-state index in [-0.39, 0.29) is 11.4 Å².